The number of hydrogen-bond donors (Lipinski definition) is 1. The Morgan fingerprint density at radius 2 is 1.70 bits per heavy atom. The molecule has 0 amide bonds. The van der Waals surface area contributed by atoms with E-state index >= 15 is 0 Å². The van der Waals surface area contributed by atoms with Gasteiger partial charge in [0, 0.05) is 17.5 Å². The lowest BCUT2D eigenvalue weighted by Crippen LogP contribution is -2.12. The van der Waals surface area contributed by atoms with E-state index in [9.17, 15) is 0 Å². The predicted octanol–water partition coefficient (Wildman–Crippen LogP) is 3.94. The molecule has 2 rings (SSSR count). The molecule has 0 heterocycles. The Bertz CT molecular complexity index is 522. The highest BCUT2D eigenvalue weighted by Gasteiger charge is 2.06. The summed E-state index contributed by atoms with van der Waals surface area (Å²) in [5.41, 5.74) is 10.0. The maximum Gasteiger partial charge on any atom is 0.118 e. The fourth-order valence-corrected chi connectivity index (χ4v) is 2.93. The van der Waals surface area contributed by atoms with E-state index in [0.29, 0.717) is 0 Å². The van der Waals surface area contributed by atoms with Gasteiger partial charge in [-0.15, -0.1) is 0 Å². The van der Waals surface area contributed by atoms with Gasteiger partial charge in [-0.3, -0.25) is 0 Å². The standard InChI is InChI=1S/C17H21NOS/c1-13-3-5-14(6-4-13)11-20-12-17(18)15-7-9-16(19-2)10-8-15/h3-10,17H,11-12,18H2,1-2H3. The van der Waals surface area contributed by atoms with E-state index in [1.54, 1.807) is 7.11 Å². The van der Waals surface area contributed by atoms with E-state index < -0.39 is 0 Å². The molecule has 2 aromatic carbocycles. The summed E-state index contributed by atoms with van der Waals surface area (Å²) in [5, 5.41) is 0. The van der Waals surface area contributed by atoms with Gasteiger partial charge in [0.1, 0.15) is 5.75 Å². The normalized spacial score (nSPS) is 12.2. The number of thioether (sulfide) groups is 1. The highest BCUT2D eigenvalue weighted by molar-refractivity contribution is 7.98. The van der Waals surface area contributed by atoms with Gasteiger partial charge >= 0.3 is 0 Å². The first-order valence-electron chi connectivity index (χ1n) is 6.72. The second-order valence-electron chi connectivity index (χ2n) is 4.88. The minimum atomic E-state index is 0.0661. The van der Waals surface area contributed by atoms with Crippen LogP contribution in [-0.2, 0) is 5.75 Å². The Balaban J connectivity index is 1.82. The van der Waals surface area contributed by atoms with Crippen molar-refractivity contribution in [1.82, 2.24) is 0 Å². The van der Waals surface area contributed by atoms with Crippen molar-refractivity contribution in [3.8, 4) is 5.75 Å². The van der Waals surface area contributed by atoms with Crippen LogP contribution in [0.3, 0.4) is 0 Å². The third-order valence-electron chi connectivity index (χ3n) is 3.23. The molecule has 0 aliphatic rings. The van der Waals surface area contributed by atoms with E-state index in [4.69, 9.17) is 10.5 Å². The minimum absolute atomic E-state index is 0.0661. The van der Waals surface area contributed by atoms with Crippen molar-refractivity contribution in [3.63, 3.8) is 0 Å². The zero-order valence-electron chi connectivity index (χ0n) is 12.0. The number of nitrogens with two attached hydrogens (primary N) is 1. The molecule has 0 spiro atoms. The molecule has 1 unspecified atom stereocenters. The second kappa shape index (κ2) is 7.36. The summed E-state index contributed by atoms with van der Waals surface area (Å²) in [6.45, 7) is 2.11. The van der Waals surface area contributed by atoms with Crippen LogP contribution in [0, 0.1) is 6.92 Å². The van der Waals surface area contributed by atoms with E-state index in [2.05, 4.69) is 31.2 Å². The molecule has 0 radical (unpaired) electrons. The predicted molar refractivity (Wildman–Crippen MR) is 87.3 cm³/mol. The van der Waals surface area contributed by atoms with Gasteiger partial charge in [0.25, 0.3) is 0 Å². The maximum atomic E-state index is 6.21. The largest absolute Gasteiger partial charge is 0.497 e. The van der Waals surface area contributed by atoms with E-state index in [1.165, 1.54) is 11.1 Å². The molecule has 20 heavy (non-hydrogen) atoms. The van der Waals surface area contributed by atoms with Gasteiger partial charge < -0.3 is 10.5 Å². The molecule has 0 aromatic heterocycles. The lowest BCUT2D eigenvalue weighted by Gasteiger charge is -2.12. The Labute approximate surface area is 125 Å². The van der Waals surface area contributed by atoms with Crippen molar-refractivity contribution in [1.29, 1.82) is 0 Å². The average molecular weight is 287 g/mol. The van der Waals surface area contributed by atoms with Crippen LogP contribution in [0.15, 0.2) is 48.5 Å². The van der Waals surface area contributed by atoms with Crippen molar-refractivity contribution in [2.45, 2.75) is 18.7 Å². The maximum absolute atomic E-state index is 6.21. The van der Waals surface area contributed by atoms with Crippen LogP contribution >= 0.6 is 11.8 Å². The SMILES string of the molecule is COc1ccc(C(N)CSCc2ccc(C)cc2)cc1. The number of ether oxygens (including phenoxy) is 1. The fraction of sp³-hybridized carbons (Fsp3) is 0.294. The zero-order valence-corrected chi connectivity index (χ0v) is 12.8. The first-order chi connectivity index (χ1) is 9.69. The molecule has 0 saturated heterocycles. The van der Waals surface area contributed by atoms with Crippen molar-refractivity contribution in [2.75, 3.05) is 12.9 Å². The average Bonchev–Trinajstić information content (AvgIpc) is 2.49. The number of hydrogen-bond acceptors (Lipinski definition) is 3. The van der Waals surface area contributed by atoms with E-state index in [-0.39, 0.29) is 6.04 Å². The molecule has 0 aliphatic heterocycles. The first-order valence-corrected chi connectivity index (χ1v) is 7.87. The molecule has 106 valence electrons. The number of methoxy groups -OCH3 is 1. The van der Waals surface area contributed by atoms with E-state index in [1.807, 2.05) is 36.0 Å². The van der Waals surface area contributed by atoms with Crippen LogP contribution in [-0.4, -0.2) is 12.9 Å². The molecule has 0 fully saturated rings. The zero-order chi connectivity index (χ0) is 14.4. The summed E-state index contributed by atoms with van der Waals surface area (Å²) in [6.07, 6.45) is 0. The molecule has 0 saturated carbocycles. The highest BCUT2D eigenvalue weighted by atomic mass is 32.2. The van der Waals surface area contributed by atoms with Crippen LogP contribution in [0.5, 0.6) is 5.75 Å². The molecule has 2 N–H and O–H groups in total. The molecular weight excluding hydrogens is 266 g/mol. The summed E-state index contributed by atoms with van der Waals surface area (Å²) in [5.74, 6) is 2.79. The monoisotopic (exact) mass is 287 g/mol. The van der Waals surface area contributed by atoms with Gasteiger partial charge in [-0.25, -0.2) is 0 Å². The lowest BCUT2D eigenvalue weighted by atomic mass is 10.1. The van der Waals surface area contributed by atoms with Crippen LogP contribution in [0.2, 0.25) is 0 Å². The first kappa shape index (κ1) is 14.9. The molecule has 1 atom stereocenters. The second-order valence-corrected chi connectivity index (χ2v) is 5.91. The number of benzene rings is 2. The van der Waals surface area contributed by atoms with E-state index in [0.717, 1.165) is 22.8 Å². The number of aryl methyl sites for hydroxylation is 1. The van der Waals surface area contributed by atoms with Crippen molar-refractivity contribution >= 4 is 11.8 Å². The van der Waals surface area contributed by atoms with Gasteiger partial charge in [0.05, 0.1) is 7.11 Å². The molecule has 3 heteroatoms. The summed E-state index contributed by atoms with van der Waals surface area (Å²) in [7, 11) is 1.67. The Kier molecular flexibility index (Phi) is 5.50. The number of rotatable bonds is 6. The van der Waals surface area contributed by atoms with Crippen LogP contribution in [0.4, 0.5) is 0 Å². The van der Waals surface area contributed by atoms with Gasteiger partial charge in [-0.2, -0.15) is 11.8 Å². The van der Waals surface area contributed by atoms with Crippen LogP contribution in [0.25, 0.3) is 0 Å². The molecular formula is C17H21NOS. The third-order valence-corrected chi connectivity index (χ3v) is 4.36. The summed E-state index contributed by atoms with van der Waals surface area (Å²) in [4.78, 5) is 0. The van der Waals surface area contributed by atoms with Crippen molar-refractivity contribution < 1.29 is 4.74 Å². The molecule has 2 nitrogen and oxygen atoms in total. The molecule has 0 bridgehead atoms. The van der Waals surface area contributed by atoms with Crippen molar-refractivity contribution in [2.24, 2.45) is 5.73 Å². The Hall–Kier alpha value is -1.45. The Morgan fingerprint density at radius 3 is 2.30 bits per heavy atom. The lowest BCUT2D eigenvalue weighted by molar-refractivity contribution is 0.414. The fourth-order valence-electron chi connectivity index (χ4n) is 1.94. The molecule has 2 aromatic rings. The Morgan fingerprint density at radius 1 is 1.05 bits per heavy atom. The summed E-state index contributed by atoms with van der Waals surface area (Å²) < 4.78 is 5.15. The smallest absolute Gasteiger partial charge is 0.118 e. The quantitative estimate of drug-likeness (QED) is 0.874. The topological polar surface area (TPSA) is 35.2 Å². The highest BCUT2D eigenvalue weighted by Crippen LogP contribution is 2.21. The minimum Gasteiger partial charge on any atom is -0.497 e. The van der Waals surface area contributed by atoms with Gasteiger partial charge in [0.15, 0.2) is 0 Å². The summed E-state index contributed by atoms with van der Waals surface area (Å²) >= 11 is 1.87. The van der Waals surface area contributed by atoms with Crippen LogP contribution in [0.1, 0.15) is 22.7 Å². The summed E-state index contributed by atoms with van der Waals surface area (Å²) in [6, 6.07) is 16.7. The third kappa shape index (κ3) is 4.29. The van der Waals surface area contributed by atoms with Gasteiger partial charge in [-0.1, -0.05) is 42.0 Å². The molecule has 0 aliphatic carbocycles. The van der Waals surface area contributed by atoms with Gasteiger partial charge in [0.2, 0.25) is 0 Å². The van der Waals surface area contributed by atoms with Gasteiger partial charge in [-0.05, 0) is 30.2 Å². The van der Waals surface area contributed by atoms with Crippen molar-refractivity contribution in [3.05, 3.63) is 65.2 Å². The van der Waals surface area contributed by atoms with Crippen LogP contribution < -0.4 is 10.5 Å².